The number of ketones is 2. The Balaban J connectivity index is 1.53. The summed E-state index contributed by atoms with van der Waals surface area (Å²) in [5, 5.41) is 12.0. The number of ether oxygens (including phenoxy) is 1. The molecule has 5 heterocycles. The van der Waals surface area contributed by atoms with Crippen molar-refractivity contribution in [1.29, 1.82) is 0 Å². The van der Waals surface area contributed by atoms with Gasteiger partial charge in [-0.25, -0.2) is 0 Å². The third-order valence-electron chi connectivity index (χ3n) is 11.2. The lowest BCUT2D eigenvalue weighted by molar-refractivity contribution is -0.148. The van der Waals surface area contributed by atoms with Crippen molar-refractivity contribution in [2.45, 2.75) is 105 Å². The minimum atomic E-state index is -1.10. The Morgan fingerprint density at radius 3 is 2.26 bits per heavy atom. The van der Waals surface area contributed by atoms with E-state index >= 15 is 0 Å². The highest BCUT2D eigenvalue weighted by Gasteiger charge is 2.54. The number of aliphatic hydroxyl groups excluding tert-OH is 1. The number of aromatic amines is 3. The Morgan fingerprint density at radius 1 is 0.920 bits per heavy atom. The molecule has 1 amide bonds. The summed E-state index contributed by atoms with van der Waals surface area (Å²) in [4.78, 5) is 69.9. The van der Waals surface area contributed by atoms with E-state index in [2.05, 4.69) is 34.1 Å². The molecule has 3 aliphatic rings. The predicted octanol–water partition coefficient (Wildman–Crippen LogP) is 4.52. The highest BCUT2D eigenvalue weighted by molar-refractivity contribution is 6.36. The monoisotopic (exact) mass is 683 g/mol. The minimum Gasteiger partial charge on any atom is -0.468 e. The number of carbonyl (C=O) groups is 4. The van der Waals surface area contributed by atoms with Gasteiger partial charge in [0.15, 0.2) is 11.6 Å². The number of hydrogen-bond acceptors (Lipinski definition) is 7. The molecule has 11 heteroatoms. The Hall–Kier alpha value is -4.51. The summed E-state index contributed by atoms with van der Waals surface area (Å²) in [5.41, 5.74) is 13.2. The van der Waals surface area contributed by atoms with Crippen LogP contribution in [0.4, 0.5) is 0 Å². The number of carbonyl (C=O) groups excluding carboxylic acids is 4. The van der Waals surface area contributed by atoms with Crippen LogP contribution in [-0.2, 0) is 51.2 Å². The summed E-state index contributed by atoms with van der Waals surface area (Å²) in [7, 11) is 1.30. The maximum Gasteiger partial charge on any atom is 0.317 e. The Morgan fingerprint density at radius 2 is 1.58 bits per heavy atom. The zero-order valence-corrected chi connectivity index (χ0v) is 30.2. The van der Waals surface area contributed by atoms with Crippen LogP contribution in [0.15, 0.2) is 16.1 Å². The second-order valence-corrected chi connectivity index (χ2v) is 14.1. The van der Waals surface area contributed by atoms with Crippen molar-refractivity contribution in [2.24, 2.45) is 10.9 Å². The van der Waals surface area contributed by atoms with Gasteiger partial charge in [0.25, 0.3) is 0 Å². The summed E-state index contributed by atoms with van der Waals surface area (Å²) in [6.45, 7) is 12.3. The molecule has 3 unspecified atom stereocenters. The summed E-state index contributed by atoms with van der Waals surface area (Å²) in [6, 6.07) is -0.287. The van der Waals surface area contributed by atoms with Crippen molar-refractivity contribution in [1.82, 2.24) is 20.3 Å². The number of nitrogens with one attached hydrogen (secondary N) is 4. The first kappa shape index (κ1) is 35.3. The number of aromatic nitrogens is 3. The normalized spacial score (nSPS) is 19.6. The molecule has 1 fully saturated rings. The lowest BCUT2D eigenvalue weighted by Gasteiger charge is -2.19. The van der Waals surface area contributed by atoms with Gasteiger partial charge in [0.1, 0.15) is 5.92 Å². The van der Waals surface area contributed by atoms with E-state index in [0.29, 0.717) is 67.6 Å². The summed E-state index contributed by atoms with van der Waals surface area (Å²) in [5.74, 6) is -2.81. The number of esters is 1. The number of aliphatic imine (C=N–C) groups is 1. The van der Waals surface area contributed by atoms with Gasteiger partial charge >= 0.3 is 5.97 Å². The van der Waals surface area contributed by atoms with Crippen LogP contribution in [0.5, 0.6) is 0 Å². The SMILES string of the molecule is CCc1c2[nH]c(c1C)Cc1[nH]c(c(C)c1C(C)=O)Cc1[nH]c(c(CCC(=O)NCCCCO)c1C)C1C3=NC(C2)C(C)=C3C(=O)C1C(=O)OC. The molecular weight excluding hydrogens is 634 g/mol. The van der Waals surface area contributed by atoms with E-state index in [0.717, 1.165) is 62.7 Å². The number of fused-ring (bicyclic) bond motifs is 8. The zero-order valence-electron chi connectivity index (χ0n) is 30.2. The summed E-state index contributed by atoms with van der Waals surface area (Å²) >= 11 is 0. The second kappa shape index (κ2) is 14.0. The number of unbranched alkanes of at least 4 members (excludes halogenated alkanes) is 1. The van der Waals surface area contributed by atoms with Crippen LogP contribution in [0.2, 0.25) is 0 Å². The quantitative estimate of drug-likeness (QED) is 0.0912. The second-order valence-electron chi connectivity index (χ2n) is 14.1. The third kappa shape index (κ3) is 5.99. The van der Waals surface area contributed by atoms with E-state index in [-0.39, 0.29) is 36.5 Å². The molecule has 0 aromatic carbocycles. The van der Waals surface area contributed by atoms with Crippen molar-refractivity contribution >= 4 is 29.2 Å². The molecule has 1 saturated carbocycles. The number of nitrogens with zero attached hydrogens (tertiary/aromatic N) is 1. The Bertz CT molecular complexity index is 1950. The van der Waals surface area contributed by atoms with Crippen LogP contribution < -0.4 is 5.32 Å². The van der Waals surface area contributed by atoms with Gasteiger partial charge in [-0.05, 0) is 93.7 Å². The predicted molar refractivity (Wildman–Crippen MR) is 190 cm³/mol. The first-order valence-corrected chi connectivity index (χ1v) is 17.8. The number of Topliss-reactive ketones (excluding diaryl/α,β-unsaturated/α-hetero) is 2. The van der Waals surface area contributed by atoms with Gasteiger partial charge in [-0.3, -0.25) is 24.2 Å². The number of H-pyrrole nitrogens is 3. The molecular formula is C39H49N5O6. The number of hydrogen-bond donors (Lipinski definition) is 5. The number of rotatable bonds is 10. The molecule has 50 heavy (non-hydrogen) atoms. The smallest absolute Gasteiger partial charge is 0.317 e. The Kier molecular flexibility index (Phi) is 9.90. The van der Waals surface area contributed by atoms with Crippen LogP contribution in [0.25, 0.3) is 0 Å². The van der Waals surface area contributed by atoms with Crippen LogP contribution in [0.1, 0.15) is 118 Å². The van der Waals surface area contributed by atoms with E-state index in [1.54, 1.807) is 6.92 Å². The maximum atomic E-state index is 14.2. The van der Waals surface area contributed by atoms with Gasteiger partial charge in [0.05, 0.1) is 24.8 Å². The van der Waals surface area contributed by atoms with Crippen LogP contribution in [-0.4, -0.2) is 75.5 Å². The highest BCUT2D eigenvalue weighted by atomic mass is 16.5. The van der Waals surface area contributed by atoms with E-state index < -0.39 is 17.8 Å². The van der Waals surface area contributed by atoms with Gasteiger partial charge in [-0.15, -0.1) is 0 Å². The summed E-state index contributed by atoms with van der Waals surface area (Å²) in [6.07, 6.45) is 4.27. The molecule has 8 bridgehead atoms. The van der Waals surface area contributed by atoms with Gasteiger partial charge in [0.2, 0.25) is 5.91 Å². The standard InChI is InChI=1S/C39H49N5O6/c1-8-23-18(2)25-17-30-32(22(6)46)20(4)27(42-30)15-26-19(3)24(11-12-31(47)40-13-9-10-14-45)36(43-26)34-35(39(49)50-7)38(48)33-21(5)28(44-37(33)34)16-29(23)41-25/h28,34-35,41-43,45H,8-17H2,1-7H3,(H,40,47). The fourth-order valence-electron chi connectivity index (χ4n) is 8.50. The molecule has 6 rings (SSSR count). The molecule has 11 nitrogen and oxygen atoms in total. The highest BCUT2D eigenvalue weighted by Crippen LogP contribution is 2.47. The van der Waals surface area contributed by atoms with Crippen molar-refractivity contribution in [3.05, 3.63) is 78.7 Å². The van der Waals surface area contributed by atoms with Crippen molar-refractivity contribution in [3.63, 3.8) is 0 Å². The first-order chi connectivity index (χ1) is 23.9. The molecule has 5 N–H and O–H groups in total. The molecule has 1 aliphatic carbocycles. The summed E-state index contributed by atoms with van der Waals surface area (Å²) < 4.78 is 5.23. The minimum absolute atomic E-state index is 0.00107. The lowest BCUT2D eigenvalue weighted by atomic mass is 9.87. The average molecular weight is 684 g/mol. The third-order valence-corrected chi connectivity index (χ3v) is 11.2. The van der Waals surface area contributed by atoms with Crippen molar-refractivity contribution < 1.29 is 29.0 Å². The average Bonchev–Trinajstić information content (AvgIpc) is 3.82. The topological polar surface area (TPSA) is 169 Å². The molecule has 2 aliphatic heterocycles. The fourth-order valence-corrected chi connectivity index (χ4v) is 8.50. The van der Waals surface area contributed by atoms with E-state index in [1.165, 1.54) is 12.7 Å². The molecule has 0 saturated heterocycles. The van der Waals surface area contributed by atoms with Gasteiger partial charge in [0, 0.05) is 84.1 Å². The number of methoxy groups -OCH3 is 1. The van der Waals surface area contributed by atoms with Crippen molar-refractivity contribution in [2.75, 3.05) is 20.3 Å². The lowest BCUT2D eigenvalue weighted by Crippen LogP contribution is -2.28. The van der Waals surface area contributed by atoms with Gasteiger partial charge in [-0.1, -0.05) is 6.92 Å². The number of aliphatic hydroxyl groups is 1. The molecule has 266 valence electrons. The van der Waals surface area contributed by atoms with Crippen molar-refractivity contribution in [3.8, 4) is 0 Å². The molecule has 3 atom stereocenters. The first-order valence-electron chi connectivity index (χ1n) is 17.8. The van der Waals surface area contributed by atoms with Gasteiger partial charge < -0.3 is 30.1 Å². The molecule has 0 spiro atoms. The van der Waals surface area contributed by atoms with Crippen LogP contribution in [0, 0.1) is 26.7 Å². The van der Waals surface area contributed by atoms with E-state index in [1.807, 2.05) is 20.8 Å². The zero-order chi connectivity index (χ0) is 36.0. The van der Waals surface area contributed by atoms with Crippen LogP contribution >= 0.6 is 0 Å². The molecule has 0 radical (unpaired) electrons. The molecule has 3 aromatic heterocycles. The largest absolute Gasteiger partial charge is 0.468 e. The fraction of sp³-hybridized carbons (Fsp3) is 0.513. The Labute approximate surface area is 292 Å². The van der Waals surface area contributed by atoms with E-state index in [9.17, 15) is 19.2 Å². The maximum absolute atomic E-state index is 14.2. The van der Waals surface area contributed by atoms with Crippen LogP contribution in [0.3, 0.4) is 0 Å². The number of allylic oxidation sites excluding steroid dienone is 1. The van der Waals surface area contributed by atoms with E-state index in [4.69, 9.17) is 14.8 Å². The number of amides is 1. The molecule has 3 aromatic rings. The van der Waals surface area contributed by atoms with Gasteiger partial charge in [-0.2, -0.15) is 0 Å².